The van der Waals surface area contributed by atoms with Crippen LogP contribution in [0.4, 0.5) is 0 Å². The Hall–Kier alpha value is 0.0969. The van der Waals surface area contributed by atoms with Crippen LogP contribution in [0.3, 0.4) is 0 Å². The van der Waals surface area contributed by atoms with Crippen LogP contribution in [-0.4, -0.2) is 34.1 Å². The van der Waals surface area contributed by atoms with Crippen LogP contribution in [0.1, 0.15) is 66.2 Å². The van der Waals surface area contributed by atoms with Crippen LogP contribution < -0.4 is 0 Å². The highest BCUT2D eigenvalue weighted by Gasteiger charge is 2.41. The summed E-state index contributed by atoms with van der Waals surface area (Å²) in [5.41, 5.74) is 0.154. The van der Waals surface area contributed by atoms with E-state index >= 15 is 0 Å². The molecule has 4 heteroatoms. The van der Waals surface area contributed by atoms with Crippen LogP contribution in [0.5, 0.6) is 0 Å². The number of ether oxygens (including phenoxy) is 1. The van der Waals surface area contributed by atoms with Crippen molar-refractivity contribution >= 4 is 8.56 Å². The fourth-order valence-electron chi connectivity index (χ4n) is 1.97. The molecule has 0 bridgehead atoms. The molecule has 0 fully saturated rings. The van der Waals surface area contributed by atoms with Crippen molar-refractivity contribution in [3.8, 4) is 0 Å². The molecule has 0 aromatic rings. The van der Waals surface area contributed by atoms with Gasteiger partial charge >= 0.3 is 8.56 Å². The zero-order valence-electron chi connectivity index (χ0n) is 13.7. The zero-order valence-corrected chi connectivity index (χ0v) is 14.7. The molecule has 0 aliphatic carbocycles. The molecule has 19 heavy (non-hydrogen) atoms. The second kappa shape index (κ2) is 11.9. The topological polar surface area (TPSA) is 27.7 Å². The fourth-order valence-corrected chi connectivity index (χ4v) is 4.68. The Labute approximate surface area is 121 Å². The molecule has 0 aliphatic heterocycles. The van der Waals surface area contributed by atoms with Gasteiger partial charge in [-0.05, 0) is 32.2 Å². The van der Waals surface area contributed by atoms with Crippen LogP contribution in [0.15, 0.2) is 0 Å². The number of rotatable bonds is 13. The Bertz CT molecular complexity index is 190. The third kappa shape index (κ3) is 8.08. The van der Waals surface area contributed by atoms with E-state index in [0.717, 1.165) is 58.3 Å². The first-order valence-corrected chi connectivity index (χ1v) is 10.4. The molecule has 0 heterocycles. The number of hydrogen-bond acceptors (Lipinski definition) is 3. The first-order valence-electron chi connectivity index (χ1n) is 8.04. The van der Waals surface area contributed by atoms with E-state index in [0.29, 0.717) is 0 Å². The summed E-state index contributed by atoms with van der Waals surface area (Å²) in [5, 5.41) is 0. The van der Waals surface area contributed by atoms with Crippen molar-refractivity contribution in [1.29, 1.82) is 0 Å². The smallest absolute Gasteiger partial charge is 0.364 e. The summed E-state index contributed by atoms with van der Waals surface area (Å²) >= 11 is 0. The van der Waals surface area contributed by atoms with Crippen LogP contribution in [0.2, 0.25) is 6.55 Å². The monoisotopic (exact) mass is 290 g/mol. The molecule has 0 saturated carbocycles. The summed E-state index contributed by atoms with van der Waals surface area (Å²) in [7, 11) is -2.21. The van der Waals surface area contributed by atoms with E-state index in [9.17, 15) is 0 Å². The quantitative estimate of drug-likeness (QED) is 0.371. The van der Waals surface area contributed by atoms with Gasteiger partial charge in [0.05, 0.1) is 0 Å². The summed E-state index contributed by atoms with van der Waals surface area (Å²) in [6.45, 7) is 13.3. The summed E-state index contributed by atoms with van der Waals surface area (Å²) < 4.78 is 18.3. The molecular weight excluding hydrogens is 256 g/mol. The van der Waals surface area contributed by atoms with Gasteiger partial charge in [-0.2, -0.15) is 0 Å². The molecule has 3 nitrogen and oxygen atoms in total. The predicted octanol–water partition coefficient (Wildman–Crippen LogP) is 4.44. The van der Waals surface area contributed by atoms with Gasteiger partial charge in [-0.1, -0.05) is 40.5 Å². The van der Waals surface area contributed by atoms with E-state index in [1.165, 1.54) is 0 Å². The molecule has 0 aromatic heterocycles. The number of unbranched alkanes of at least 4 members (excludes halogenated alkanes) is 2. The van der Waals surface area contributed by atoms with Crippen molar-refractivity contribution in [2.24, 2.45) is 0 Å². The lowest BCUT2D eigenvalue weighted by Gasteiger charge is -2.34. The molecule has 1 unspecified atom stereocenters. The van der Waals surface area contributed by atoms with Gasteiger partial charge in [-0.3, -0.25) is 0 Å². The van der Waals surface area contributed by atoms with Gasteiger partial charge in [0.15, 0.2) is 0 Å². The first kappa shape index (κ1) is 19.1. The second-order valence-electron chi connectivity index (χ2n) is 5.19. The van der Waals surface area contributed by atoms with E-state index in [4.69, 9.17) is 13.6 Å². The summed E-state index contributed by atoms with van der Waals surface area (Å²) in [6.07, 6.45) is 6.54. The van der Waals surface area contributed by atoms with Gasteiger partial charge in [0.2, 0.25) is 0 Å². The van der Waals surface area contributed by atoms with Gasteiger partial charge in [0, 0.05) is 19.8 Å². The Kier molecular flexibility index (Phi) is 11.9. The van der Waals surface area contributed by atoms with Crippen molar-refractivity contribution in [1.82, 2.24) is 0 Å². The van der Waals surface area contributed by atoms with E-state index in [1.807, 2.05) is 0 Å². The Morgan fingerprint density at radius 1 is 0.789 bits per heavy atom. The van der Waals surface area contributed by atoms with E-state index in [-0.39, 0.29) is 5.73 Å². The van der Waals surface area contributed by atoms with Gasteiger partial charge in [0.1, 0.15) is 5.73 Å². The number of hydrogen-bond donors (Lipinski definition) is 0. The highest BCUT2D eigenvalue weighted by atomic mass is 28.4. The maximum atomic E-state index is 6.16. The maximum absolute atomic E-state index is 6.16. The third-order valence-electron chi connectivity index (χ3n) is 3.25. The van der Waals surface area contributed by atoms with Crippen LogP contribution in [0, 0.1) is 0 Å². The zero-order chi connectivity index (χ0) is 14.6. The minimum atomic E-state index is -2.21. The van der Waals surface area contributed by atoms with Crippen LogP contribution >= 0.6 is 0 Å². The molecule has 116 valence electrons. The summed E-state index contributed by atoms with van der Waals surface area (Å²) in [6, 6.07) is 0. The van der Waals surface area contributed by atoms with Crippen molar-refractivity contribution < 1.29 is 13.6 Å². The van der Waals surface area contributed by atoms with E-state index < -0.39 is 8.56 Å². The van der Waals surface area contributed by atoms with Gasteiger partial charge in [-0.25, -0.2) is 0 Å². The summed E-state index contributed by atoms with van der Waals surface area (Å²) in [4.78, 5) is 0. The molecule has 0 rings (SSSR count). The standard InChI is InChI=1S/C15H34O3Si/c1-6-10-13-17-19(5,18-14-11-7-2)15(9-4)16-12-8-3/h15H,6-14H2,1-5H3. The third-order valence-corrected chi connectivity index (χ3v) is 6.55. The van der Waals surface area contributed by atoms with E-state index in [1.54, 1.807) is 0 Å². The Balaban J connectivity index is 4.48. The largest absolute Gasteiger partial charge is 0.393 e. The summed E-state index contributed by atoms with van der Waals surface area (Å²) in [5.74, 6) is 0. The van der Waals surface area contributed by atoms with Crippen molar-refractivity contribution in [2.45, 2.75) is 78.5 Å². The second-order valence-corrected chi connectivity index (χ2v) is 8.44. The molecule has 0 spiro atoms. The highest BCUT2D eigenvalue weighted by Crippen LogP contribution is 2.20. The Morgan fingerprint density at radius 2 is 1.32 bits per heavy atom. The van der Waals surface area contributed by atoms with Crippen LogP contribution in [-0.2, 0) is 13.6 Å². The lowest BCUT2D eigenvalue weighted by molar-refractivity contribution is 0.0431. The molecule has 0 saturated heterocycles. The van der Waals surface area contributed by atoms with Gasteiger partial charge in [-0.15, -0.1) is 0 Å². The minimum Gasteiger partial charge on any atom is -0.393 e. The fraction of sp³-hybridized carbons (Fsp3) is 1.00. The molecule has 0 radical (unpaired) electrons. The predicted molar refractivity (Wildman–Crippen MR) is 83.7 cm³/mol. The highest BCUT2D eigenvalue weighted by molar-refractivity contribution is 6.67. The molecule has 1 atom stereocenters. The SMILES string of the molecule is CCCCO[Si](C)(OCCCC)C(CC)OCCC. The minimum absolute atomic E-state index is 0.154. The van der Waals surface area contributed by atoms with Crippen LogP contribution in [0.25, 0.3) is 0 Å². The van der Waals surface area contributed by atoms with Crippen molar-refractivity contribution in [2.75, 3.05) is 19.8 Å². The molecule has 0 aromatic carbocycles. The average Bonchev–Trinajstić information content (AvgIpc) is 2.40. The van der Waals surface area contributed by atoms with Crippen molar-refractivity contribution in [3.63, 3.8) is 0 Å². The molecule has 0 N–H and O–H groups in total. The molecule has 0 aliphatic rings. The first-order chi connectivity index (χ1) is 9.14. The normalized spacial score (nSPS) is 13.7. The molecule has 0 amide bonds. The maximum Gasteiger partial charge on any atom is 0.364 e. The van der Waals surface area contributed by atoms with Crippen molar-refractivity contribution in [3.05, 3.63) is 0 Å². The lowest BCUT2D eigenvalue weighted by Crippen LogP contribution is -2.52. The average molecular weight is 291 g/mol. The Morgan fingerprint density at radius 3 is 1.68 bits per heavy atom. The van der Waals surface area contributed by atoms with Gasteiger partial charge < -0.3 is 13.6 Å². The molecular formula is C15H34O3Si. The van der Waals surface area contributed by atoms with E-state index in [2.05, 4.69) is 34.2 Å². The van der Waals surface area contributed by atoms with Gasteiger partial charge in [0.25, 0.3) is 0 Å². The lowest BCUT2D eigenvalue weighted by atomic mass is 10.4.